The van der Waals surface area contributed by atoms with Crippen LogP contribution in [-0.4, -0.2) is 10.1 Å². The third-order valence-electron chi connectivity index (χ3n) is 4.12. The summed E-state index contributed by atoms with van der Waals surface area (Å²) in [5.41, 5.74) is 2.37. The van der Waals surface area contributed by atoms with Gasteiger partial charge in [0.25, 0.3) is 0 Å². The van der Waals surface area contributed by atoms with Crippen molar-refractivity contribution in [2.45, 2.75) is 0 Å². The first-order valence-electron chi connectivity index (χ1n) is 7.73. The van der Waals surface area contributed by atoms with E-state index in [4.69, 9.17) is 23.2 Å². The zero-order valence-electron chi connectivity index (χ0n) is 13.3. The molecule has 0 radical (unpaired) electrons. The van der Waals surface area contributed by atoms with Crippen LogP contribution < -0.4 is 5.32 Å². The molecule has 0 unspecified atom stereocenters. The molecule has 0 spiro atoms. The van der Waals surface area contributed by atoms with E-state index >= 15 is 0 Å². The second-order valence-electron chi connectivity index (χ2n) is 5.81. The largest absolute Gasteiger partial charge is 0.508 e. The SMILES string of the molecule is N#Cc1cnc2cc3cc(O)ccc3cc2c1Nc1ccc(Cl)cc1Cl. The Hall–Kier alpha value is -3.00. The highest BCUT2D eigenvalue weighted by Crippen LogP contribution is 2.35. The molecule has 4 rings (SSSR count). The Kier molecular flexibility index (Phi) is 4.04. The molecular formula is C20H11Cl2N3O. The molecule has 0 aliphatic rings. The first kappa shape index (κ1) is 16.5. The average Bonchev–Trinajstić information content (AvgIpc) is 2.62. The molecule has 0 bridgehead atoms. The van der Waals surface area contributed by atoms with Crippen molar-refractivity contribution in [3.63, 3.8) is 0 Å². The predicted octanol–water partition coefficient (Wildman–Crippen LogP) is 6.02. The fraction of sp³-hybridized carbons (Fsp3) is 0. The van der Waals surface area contributed by atoms with Crippen LogP contribution in [0.1, 0.15) is 5.56 Å². The number of aromatic nitrogens is 1. The van der Waals surface area contributed by atoms with Crippen molar-refractivity contribution in [3.05, 3.63) is 70.3 Å². The molecule has 0 aliphatic heterocycles. The van der Waals surface area contributed by atoms with Crippen LogP contribution in [0.4, 0.5) is 11.4 Å². The van der Waals surface area contributed by atoms with E-state index in [2.05, 4.69) is 16.4 Å². The number of rotatable bonds is 2. The highest BCUT2D eigenvalue weighted by molar-refractivity contribution is 6.36. The second kappa shape index (κ2) is 6.38. The van der Waals surface area contributed by atoms with Gasteiger partial charge in [0.15, 0.2) is 0 Å². The van der Waals surface area contributed by atoms with Crippen molar-refractivity contribution >= 4 is 56.3 Å². The summed E-state index contributed by atoms with van der Waals surface area (Å²) < 4.78 is 0. The van der Waals surface area contributed by atoms with Crippen LogP contribution in [-0.2, 0) is 0 Å². The van der Waals surface area contributed by atoms with Crippen LogP contribution in [0, 0.1) is 11.3 Å². The number of aromatic hydroxyl groups is 1. The van der Waals surface area contributed by atoms with Gasteiger partial charge in [-0.3, -0.25) is 4.98 Å². The van der Waals surface area contributed by atoms with Gasteiger partial charge in [0, 0.05) is 16.6 Å². The summed E-state index contributed by atoms with van der Waals surface area (Å²) in [6, 6.07) is 16.2. The Morgan fingerprint density at radius 3 is 2.62 bits per heavy atom. The van der Waals surface area contributed by atoms with Gasteiger partial charge in [-0.25, -0.2) is 0 Å². The number of nitrogens with one attached hydrogen (secondary N) is 1. The summed E-state index contributed by atoms with van der Waals surface area (Å²) in [5, 5.41) is 26.0. The summed E-state index contributed by atoms with van der Waals surface area (Å²) in [6.07, 6.45) is 1.52. The fourth-order valence-corrected chi connectivity index (χ4v) is 3.32. The molecule has 0 saturated heterocycles. The lowest BCUT2D eigenvalue weighted by molar-refractivity contribution is 0.476. The molecule has 4 nitrogen and oxygen atoms in total. The number of nitrogens with zero attached hydrogens (tertiary/aromatic N) is 2. The molecular weight excluding hydrogens is 369 g/mol. The standard InChI is InChI=1S/C20H11Cl2N3O/c21-14-2-4-18(17(22)8-14)25-20-13(9-23)10-24-19-7-12-5-15(26)3-1-11(12)6-16(19)20/h1-8,10,26H,(H,24,25). The maximum Gasteiger partial charge on any atom is 0.116 e. The molecule has 2 N–H and O–H groups in total. The van der Waals surface area contributed by atoms with E-state index in [0.717, 1.165) is 16.2 Å². The Morgan fingerprint density at radius 2 is 1.85 bits per heavy atom. The summed E-state index contributed by atoms with van der Waals surface area (Å²) in [4.78, 5) is 4.37. The smallest absolute Gasteiger partial charge is 0.116 e. The molecule has 26 heavy (non-hydrogen) atoms. The van der Waals surface area contributed by atoms with Crippen molar-refractivity contribution < 1.29 is 5.11 Å². The van der Waals surface area contributed by atoms with E-state index in [0.29, 0.717) is 32.5 Å². The molecule has 0 amide bonds. The number of pyridine rings is 1. The van der Waals surface area contributed by atoms with E-state index < -0.39 is 0 Å². The predicted molar refractivity (Wildman–Crippen MR) is 105 cm³/mol. The number of benzene rings is 3. The number of hydrogen-bond acceptors (Lipinski definition) is 4. The van der Waals surface area contributed by atoms with E-state index in [9.17, 15) is 10.4 Å². The highest BCUT2D eigenvalue weighted by atomic mass is 35.5. The minimum absolute atomic E-state index is 0.191. The molecule has 126 valence electrons. The summed E-state index contributed by atoms with van der Waals surface area (Å²) in [7, 11) is 0. The van der Waals surface area contributed by atoms with Gasteiger partial charge in [0.2, 0.25) is 0 Å². The molecule has 1 heterocycles. The lowest BCUT2D eigenvalue weighted by Gasteiger charge is -2.13. The summed E-state index contributed by atoms with van der Waals surface area (Å²) in [5.74, 6) is 0.191. The van der Waals surface area contributed by atoms with Gasteiger partial charge in [0.1, 0.15) is 11.8 Å². The summed E-state index contributed by atoms with van der Waals surface area (Å²) >= 11 is 12.2. The number of phenols is 1. The second-order valence-corrected chi connectivity index (χ2v) is 6.65. The minimum Gasteiger partial charge on any atom is -0.508 e. The van der Waals surface area contributed by atoms with Gasteiger partial charge in [0.05, 0.1) is 27.5 Å². The number of halogens is 2. The third kappa shape index (κ3) is 2.88. The van der Waals surface area contributed by atoms with E-state index in [-0.39, 0.29) is 5.75 Å². The quantitative estimate of drug-likeness (QED) is 0.418. The van der Waals surface area contributed by atoms with Gasteiger partial charge in [-0.1, -0.05) is 29.3 Å². The maximum absolute atomic E-state index is 9.69. The first-order valence-corrected chi connectivity index (χ1v) is 8.48. The molecule has 6 heteroatoms. The number of phenolic OH excluding ortho intramolecular Hbond substituents is 1. The molecule has 0 saturated carbocycles. The minimum atomic E-state index is 0.191. The monoisotopic (exact) mass is 379 g/mol. The molecule has 0 aliphatic carbocycles. The Bertz CT molecular complexity index is 1220. The van der Waals surface area contributed by atoms with Gasteiger partial charge >= 0.3 is 0 Å². The Morgan fingerprint density at radius 1 is 1.00 bits per heavy atom. The van der Waals surface area contributed by atoms with Gasteiger partial charge in [-0.15, -0.1) is 0 Å². The van der Waals surface area contributed by atoms with E-state index in [1.807, 2.05) is 18.2 Å². The van der Waals surface area contributed by atoms with Gasteiger partial charge in [-0.05, 0) is 53.2 Å². The van der Waals surface area contributed by atoms with E-state index in [1.54, 1.807) is 30.3 Å². The van der Waals surface area contributed by atoms with Crippen LogP contribution >= 0.6 is 23.2 Å². The Balaban J connectivity index is 1.96. The van der Waals surface area contributed by atoms with Gasteiger partial charge < -0.3 is 10.4 Å². The highest BCUT2D eigenvalue weighted by Gasteiger charge is 2.12. The number of fused-ring (bicyclic) bond motifs is 2. The zero-order chi connectivity index (χ0) is 18.3. The zero-order valence-corrected chi connectivity index (χ0v) is 14.8. The fourth-order valence-electron chi connectivity index (χ4n) is 2.87. The third-order valence-corrected chi connectivity index (χ3v) is 4.67. The lowest BCUT2D eigenvalue weighted by Crippen LogP contribution is -1.97. The van der Waals surface area contributed by atoms with Crippen molar-refractivity contribution in [3.8, 4) is 11.8 Å². The van der Waals surface area contributed by atoms with E-state index in [1.165, 1.54) is 6.20 Å². The van der Waals surface area contributed by atoms with Crippen LogP contribution in [0.15, 0.2) is 54.7 Å². The molecule has 3 aromatic carbocycles. The van der Waals surface area contributed by atoms with Crippen LogP contribution in [0.3, 0.4) is 0 Å². The average molecular weight is 380 g/mol. The van der Waals surface area contributed by atoms with Crippen molar-refractivity contribution in [2.75, 3.05) is 5.32 Å². The van der Waals surface area contributed by atoms with Crippen LogP contribution in [0.5, 0.6) is 5.75 Å². The van der Waals surface area contributed by atoms with Crippen molar-refractivity contribution in [1.29, 1.82) is 5.26 Å². The van der Waals surface area contributed by atoms with Crippen LogP contribution in [0.2, 0.25) is 10.0 Å². The van der Waals surface area contributed by atoms with Crippen molar-refractivity contribution in [1.82, 2.24) is 4.98 Å². The molecule has 1 aromatic heterocycles. The summed E-state index contributed by atoms with van der Waals surface area (Å²) in [6.45, 7) is 0. The van der Waals surface area contributed by atoms with Gasteiger partial charge in [-0.2, -0.15) is 5.26 Å². The van der Waals surface area contributed by atoms with Crippen molar-refractivity contribution in [2.24, 2.45) is 0 Å². The molecule has 0 fully saturated rings. The topological polar surface area (TPSA) is 68.9 Å². The Labute approximate surface area is 159 Å². The molecule has 0 atom stereocenters. The number of hydrogen-bond donors (Lipinski definition) is 2. The van der Waals surface area contributed by atoms with Crippen LogP contribution in [0.25, 0.3) is 21.7 Å². The normalized spacial score (nSPS) is 10.8. The number of nitriles is 1. The molecule has 4 aromatic rings. The number of anilines is 2. The first-order chi connectivity index (χ1) is 12.5. The maximum atomic E-state index is 9.69. The lowest BCUT2D eigenvalue weighted by atomic mass is 10.0.